The highest BCUT2D eigenvalue weighted by Gasteiger charge is 2.13. The van der Waals surface area contributed by atoms with Gasteiger partial charge in [0.25, 0.3) is 0 Å². The number of nitrogens with one attached hydrogen (secondary N) is 1. The van der Waals surface area contributed by atoms with E-state index in [2.05, 4.69) is 5.32 Å². The molecule has 2 rings (SSSR count). The van der Waals surface area contributed by atoms with Gasteiger partial charge in [0.2, 0.25) is 0 Å². The lowest BCUT2D eigenvalue weighted by Gasteiger charge is -2.15. The van der Waals surface area contributed by atoms with Crippen LogP contribution in [-0.2, 0) is 0 Å². The molecule has 0 amide bonds. The third kappa shape index (κ3) is 3.13. The van der Waals surface area contributed by atoms with Gasteiger partial charge in [-0.15, -0.1) is 0 Å². The molecule has 1 N–H and O–H groups in total. The van der Waals surface area contributed by atoms with Gasteiger partial charge < -0.3 is 14.5 Å². The number of furan rings is 1. The first kappa shape index (κ1) is 14.4. The molecular weight excluding hydrogens is 257 g/mol. The maximum absolute atomic E-state index is 13.8. The zero-order chi connectivity index (χ0) is 14.7. The van der Waals surface area contributed by atoms with Crippen molar-refractivity contribution in [1.82, 2.24) is 0 Å². The van der Waals surface area contributed by atoms with E-state index in [1.54, 1.807) is 6.07 Å². The number of rotatable bonds is 5. The van der Waals surface area contributed by atoms with Crippen LogP contribution >= 0.6 is 0 Å². The Labute approximate surface area is 118 Å². The predicted octanol–water partition coefficient (Wildman–Crippen LogP) is 4.61. The lowest BCUT2D eigenvalue weighted by Crippen LogP contribution is -2.07. The van der Waals surface area contributed by atoms with Crippen LogP contribution in [0.1, 0.15) is 37.0 Å². The number of hydrogen-bond acceptors (Lipinski definition) is 3. The summed E-state index contributed by atoms with van der Waals surface area (Å²) >= 11 is 0. The van der Waals surface area contributed by atoms with Crippen molar-refractivity contribution in [1.29, 1.82) is 0 Å². The van der Waals surface area contributed by atoms with Crippen molar-refractivity contribution in [3.63, 3.8) is 0 Å². The molecule has 0 saturated carbocycles. The number of aryl methyl sites for hydroxylation is 2. The molecule has 0 fully saturated rings. The molecule has 1 aromatic carbocycles. The SMILES string of the molecule is CCOc1ccc(NC(C)c2cc(C)oc2C)cc1F. The summed E-state index contributed by atoms with van der Waals surface area (Å²) in [7, 11) is 0. The summed E-state index contributed by atoms with van der Waals surface area (Å²) in [4.78, 5) is 0. The van der Waals surface area contributed by atoms with Crippen LogP contribution in [0.2, 0.25) is 0 Å². The Morgan fingerprint density at radius 1 is 1.30 bits per heavy atom. The molecule has 2 aromatic rings. The fourth-order valence-corrected chi connectivity index (χ4v) is 2.27. The van der Waals surface area contributed by atoms with E-state index in [1.807, 2.05) is 39.8 Å². The minimum atomic E-state index is -0.357. The Bertz CT molecular complexity index is 592. The molecule has 1 aromatic heterocycles. The van der Waals surface area contributed by atoms with Gasteiger partial charge in [0.05, 0.1) is 12.6 Å². The molecule has 0 radical (unpaired) electrons. The van der Waals surface area contributed by atoms with Crippen molar-refractivity contribution in [3.05, 3.63) is 47.2 Å². The Hall–Kier alpha value is -1.97. The monoisotopic (exact) mass is 277 g/mol. The van der Waals surface area contributed by atoms with Crippen LogP contribution in [0, 0.1) is 19.7 Å². The molecule has 0 saturated heterocycles. The average molecular weight is 277 g/mol. The minimum Gasteiger partial charge on any atom is -0.491 e. The first-order valence-corrected chi connectivity index (χ1v) is 6.77. The topological polar surface area (TPSA) is 34.4 Å². The maximum Gasteiger partial charge on any atom is 0.167 e. The molecular formula is C16H20FNO2. The maximum atomic E-state index is 13.8. The minimum absolute atomic E-state index is 0.0461. The molecule has 1 atom stereocenters. The highest BCUT2D eigenvalue weighted by molar-refractivity contribution is 5.49. The highest BCUT2D eigenvalue weighted by Crippen LogP contribution is 2.27. The Morgan fingerprint density at radius 2 is 2.05 bits per heavy atom. The van der Waals surface area contributed by atoms with Crippen LogP contribution in [0.5, 0.6) is 5.75 Å². The summed E-state index contributed by atoms with van der Waals surface area (Å²) in [5.41, 5.74) is 1.80. The second-order valence-corrected chi connectivity index (χ2v) is 4.81. The summed E-state index contributed by atoms with van der Waals surface area (Å²) in [5.74, 6) is 1.68. The molecule has 1 unspecified atom stereocenters. The summed E-state index contributed by atoms with van der Waals surface area (Å²) in [6.45, 7) is 8.15. The van der Waals surface area contributed by atoms with Crippen molar-refractivity contribution in [2.24, 2.45) is 0 Å². The highest BCUT2D eigenvalue weighted by atomic mass is 19.1. The molecule has 0 aliphatic rings. The van der Waals surface area contributed by atoms with E-state index in [9.17, 15) is 4.39 Å². The standard InChI is InChI=1S/C16H20FNO2/c1-5-19-16-7-6-13(9-15(16)17)18-11(3)14-8-10(2)20-12(14)4/h6-9,11,18H,5H2,1-4H3. The molecule has 1 heterocycles. The van der Waals surface area contributed by atoms with Crippen LogP contribution in [0.15, 0.2) is 28.7 Å². The van der Waals surface area contributed by atoms with E-state index in [4.69, 9.17) is 9.15 Å². The smallest absolute Gasteiger partial charge is 0.167 e. The summed E-state index contributed by atoms with van der Waals surface area (Å²) in [6.07, 6.45) is 0. The van der Waals surface area contributed by atoms with E-state index >= 15 is 0 Å². The van der Waals surface area contributed by atoms with Crippen molar-refractivity contribution in [2.45, 2.75) is 33.7 Å². The molecule has 0 aliphatic carbocycles. The lowest BCUT2D eigenvalue weighted by molar-refractivity contribution is 0.321. The van der Waals surface area contributed by atoms with Gasteiger partial charge in [-0.25, -0.2) is 4.39 Å². The van der Waals surface area contributed by atoms with Crippen LogP contribution in [0.25, 0.3) is 0 Å². The van der Waals surface area contributed by atoms with Crippen LogP contribution in [0.3, 0.4) is 0 Å². The number of hydrogen-bond donors (Lipinski definition) is 1. The van der Waals surface area contributed by atoms with Gasteiger partial charge in [-0.05, 0) is 45.9 Å². The normalized spacial score (nSPS) is 12.2. The fourth-order valence-electron chi connectivity index (χ4n) is 2.27. The number of benzene rings is 1. The van der Waals surface area contributed by atoms with Gasteiger partial charge >= 0.3 is 0 Å². The predicted molar refractivity (Wildman–Crippen MR) is 77.8 cm³/mol. The first-order chi connectivity index (χ1) is 9.51. The quantitative estimate of drug-likeness (QED) is 0.866. The largest absolute Gasteiger partial charge is 0.491 e. The van der Waals surface area contributed by atoms with E-state index in [-0.39, 0.29) is 17.6 Å². The zero-order valence-electron chi connectivity index (χ0n) is 12.3. The van der Waals surface area contributed by atoms with Gasteiger partial charge in [0.15, 0.2) is 11.6 Å². The number of anilines is 1. The molecule has 0 spiro atoms. The number of halogens is 1. The van der Waals surface area contributed by atoms with E-state index < -0.39 is 0 Å². The second kappa shape index (κ2) is 5.99. The third-order valence-corrected chi connectivity index (χ3v) is 3.16. The summed E-state index contributed by atoms with van der Waals surface area (Å²) < 4.78 is 24.5. The van der Waals surface area contributed by atoms with Crippen LogP contribution < -0.4 is 10.1 Å². The van der Waals surface area contributed by atoms with Gasteiger partial charge in [0.1, 0.15) is 11.5 Å². The number of ether oxygens (including phenoxy) is 1. The summed E-state index contributed by atoms with van der Waals surface area (Å²) in [5, 5.41) is 3.27. The van der Waals surface area contributed by atoms with Gasteiger partial charge in [-0.2, -0.15) is 0 Å². The van der Waals surface area contributed by atoms with Gasteiger partial charge in [-0.3, -0.25) is 0 Å². The van der Waals surface area contributed by atoms with Crippen LogP contribution in [0.4, 0.5) is 10.1 Å². The van der Waals surface area contributed by atoms with E-state index in [0.29, 0.717) is 6.61 Å². The molecule has 4 heteroatoms. The first-order valence-electron chi connectivity index (χ1n) is 6.77. The third-order valence-electron chi connectivity index (χ3n) is 3.16. The van der Waals surface area contributed by atoms with Crippen LogP contribution in [-0.4, -0.2) is 6.61 Å². The molecule has 3 nitrogen and oxygen atoms in total. The van der Waals surface area contributed by atoms with E-state index in [1.165, 1.54) is 6.07 Å². The zero-order valence-corrected chi connectivity index (χ0v) is 12.3. The Morgan fingerprint density at radius 3 is 2.60 bits per heavy atom. The molecule has 0 bridgehead atoms. The molecule has 20 heavy (non-hydrogen) atoms. The van der Waals surface area contributed by atoms with Gasteiger partial charge in [0, 0.05) is 17.3 Å². The van der Waals surface area contributed by atoms with Crippen molar-refractivity contribution in [3.8, 4) is 5.75 Å². The van der Waals surface area contributed by atoms with Crippen molar-refractivity contribution >= 4 is 5.69 Å². The summed E-state index contributed by atoms with van der Waals surface area (Å²) in [6, 6.07) is 6.94. The van der Waals surface area contributed by atoms with Gasteiger partial charge in [-0.1, -0.05) is 0 Å². The lowest BCUT2D eigenvalue weighted by atomic mass is 10.1. The Balaban J connectivity index is 2.13. The van der Waals surface area contributed by atoms with Crippen molar-refractivity contribution in [2.75, 3.05) is 11.9 Å². The average Bonchev–Trinajstić information content (AvgIpc) is 2.72. The van der Waals surface area contributed by atoms with E-state index in [0.717, 1.165) is 22.8 Å². The molecule has 0 aliphatic heterocycles. The van der Waals surface area contributed by atoms with Crippen molar-refractivity contribution < 1.29 is 13.5 Å². The Kier molecular flexibility index (Phi) is 4.32. The molecule has 108 valence electrons. The fraction of sp³-hybridized carbons (Fsp3) is 0.375. The second-order valence-electron chi connectivity index (χ2n) is 4.81.